The lowest BCUT2D eigenvalue weighted by Gasteiger charge is -2.07. The summed E-state index contributed by atoms with van der Waals surface area (Å²) in [6, 6.07) is 11.6. The van der Waals surface area contributed by atoms with E-state index in [0.717, 1.165) is 21.2 Å². The highest BCUT2D eigenvalue weighted by molar-refractivity contribution is 7.09. The molecule has 0 bridgehead atoms. The van der Waals surface area contributed by atoms with Gasteiger partial charge in [-0.15, -0.1) is 11.3 Å². The van der Waals surface area contributed by atoms with E-state index in [9.17, 15) is 9.59 Å². The summed E-state index contributed by atoms with van der Waals surface area (Å²) >= 11 is 1.60. The average Bonchev–Trinajstić information content (AvgIpc) is 3.21. The summed E-state index contributed by atoms with van der Waals surface area (Å²) in [5.41, 5.74) is 1.02. The highest BCUT2D eigenvalue weighted by Gasteiger charge is 2.15. The fourth-order valence-electron chi connectivity index (χ4n) is 2.88. The molecule has 3 heterocycles. The summed E-state index contributed by atoms with van der Waals surface area (Å²) in [4.78, 5) is 25.7. The van der Waals surface area contributed by atoms with Gasteiger partial charge in [0, 0.05) is 21.2 Å². The number of carbonyl (C=O) groups is 1. The van der Waals surface area contributed by atoms with Crippen LogP contribution >= 0.6 is 11.3 Å². The van der Waals surface area contributed by atoms with Gasteiger partial charge in [0.25, 0.3) is 5.56 Å². The Balaban J connectivity index is 1.72. The van der Waals surface area contributed by atoms with Gasteiger partial charge in [0.15, 0.2) is 0 Å². The second kappa shape index (κ2) is 5.93. The van der Waals surface area contributed by atoms with Crippen molar-refractivity contribution in [1.29, 1.82) is 0 Å². The molecule has 2 N–H and O–H groups in total. The zero-order chi connectivity index (χ0) is 16.5. The van der Waals surface area contributed by atoms with E-state index >= 15 is 0 Å². The molecule has 24 heavy (non-hydrogen) atoms. The molecule has 0 atom stereocenters. The summed E-state index contributed by atoms with van der Waals surface area (Å²) in [7, 11) is 0. The summed E-state index contributed by atoms with van der Waals surface area (Å²) < 4.78 is 1.74. The van der Waals surface area contributed by atoms with Crippen LogP contribution in [0.25, 0.3) is 21.8 Å². The lowest BCUT2D eigenvalue weighted by Crippen LogP contribution is -2.27. The van der Waals surface area contributed by atoms with Crippen molar-refractivity contribution in [3.63, 3.8) is 0 Å². The fourth-order valence-corrected chi connectivity index (χ4v) is 3.52. The Morgan fingerprint density at radius 1 is 1.21 bits per heavy atom. The third-order valence-electron chi connectivity index (χ3n) is 3.93. The number of rotatable bonds is 4. The fraction of sp³-hybridized carbons (Fsp3) is 0.118. The second-order valence-corrected chi connectivity index (χ2v) is 6.45. The maximum Gasteiger partial charge on any atom is 0.288 e. The van der Waals surface area contributed by atoms with Crippen LogP contribution in [0, 0.1) is 0 Å². The molecule has 0 saturated carbocycles. The molecule has 3 aromatic heterocycles. The van der Waals surface area contributed by atoms with Gasteiger partial charge in [-0.25, -0.2) is 5.10 Å². The Labute approximate surface area is 140 Å². The molecule has 0 aliphatic heterocycles. The highest BCUT2D eigenvalue weighted by atomic mass is 32.1. The van der Waals surface area contributed by atoms with E-state index in [1.54, 1.807) is 22.1 Å². The van der Waals surface area contributed by atoms with Crippen LogP contribution in [0.2, 0.25) is 0 Å². The number of nitrogens with one attached hydrogen (secondary N) is 2. The molecule has 0 saturated heterocycles. The molecule has 7 heteroatoms. The van der Waals surface area contributed by atoms with Crippen molar-refractivity contribution in [2.75, 3.05) is 0 Å². The molecule has 0 spiro atoms. The van der Waals surface area contributed by atoms with E-state index in [4.69, 9.17) is 0 Å². The van der Waals surface area contributed by atoms with Gasteiger partial charge in [0.1, 0.15) is 12.1 Å². The van der Waals surface area contributed by atoms with Crippen LogP contribution in [-0.2, 0) is 17.9 Å². The van der Waals surface area contributed by atoms with E-state index in [2.05, 4.69) is 15.5 Å². The molecule has 0 radical (unpaired) electrons. The van der Waals surface area contributed by atoms with Crippen LogP contribution in [0.4, 0.5) is 0 Å². The van der Waals surface area contributed by atoms with Gasteiger partial charge in [0.05, 0.1) is 12.7 Å². The van der Waals surface area contributed by atoms with Gasteiger partial charge < -0.3 is 9.88 Å². The van der Waals surface area contributed by atoms with Crippen molar-refractivity contribution in [3.8, 4) is 0 Å². The van der Waals surface area contributed by atoms with Crippen molar-refractivity contribution in [2.45, 2.75) is 13.1 Å². The maximum atomic E-state index is 12.3. The third kappa shape index (κ3) is 2.48. The third-order valence-corrected chi connectivity index (χ3v) is 4.80. The lowest BCUT2D eigenvalue weighted by atomic mass is 10.2. The second-order valence-electron chi connectivity index (χ2n) is 5.42. The van der Waals surface area contributed by atoms with E-state index in [1.807, 2.05) is 41.8 Å². The number of para-hydroxylation sites is 1. The first kappa shape index (κ1) is 14.6. The molecule has 120 valence electrons. The Hall–Kier alpha value is -2.93. The number of thiophene rings is 1. The minimum absolute atomic E-state index is 0.0858. The van der Waals surface area contributed by atoms with Crippen molar-refractivity contribution in [3.05, 3.63) is 63.2 Å². The standard InChI is InChI=1S/C17H14N4O2S/c22-15(18-8-11-4-3-7-24-11)10-21-14-6-2-1-5-12(14)13-9-19-20-17(23)16(13)21/h1-7,9H,8,10H2,(H,18,22)(H,20,23). The predicted octanol–water partition coefficient (Wildman–Crippen LogP) is 2.26. The van der Waals surface area contributed by atoms with E-state index in [0.29, 0.717) is 12.1 Å². The molecule has 0 aliphatic carbocycles. The highest BCUT2D eigenvalue weighted by Crippen LogP contribution is 2.25. The van der Waals surface area contributed by atoms with E-state index < -0.39 is 0 Å². The van der Waals surface area contributed by atoms with Gasteiger partial charge in [-0.1, -0.05) is 24.3 Å². The molecule has 0 fully saturated rings. The number of aromatic amines is 1. The van der Waals surface area contributed by atoms with Crippen LogP contribution in [0.3, 0.4) is 0 Å². The lowest BCUT2D eigenvalue weighted by molar-refractivity contribution is -0.121. The SMILES string of the molecule is O=C(Cn1c2ccccc2c2cn[nH]c(=O)c21)NCc1cccs1. The number of hydrogen-bond donors (Lipinski definition) is 2. The summed E-state index contributed by atoms with van der Waals surface area (Å²) in [6.45, 7) is 0.577. The zero-order valence-electron chi connectivity index (χ0n) is 12.7. The molecule has 4 aromatic rings. The minimum atomic E-state index is -0.297. The number of aromatic nitrogens is 3. The first-order chi connectivity index (χ1) is 11.7. The molecule has 0 aliphatic rings. The van der Waals surface area contributed by atoms with Crippen LogP contribution in [-0.4, -0.2) is 20.7 Å². The molecule has 0 unspecified atom stereocenters. The first-order valence-corrected chi connectivity index (χ1v) is 8.36. The predicted molar refractivity (Wildman–Crippen MR) is 94.0 cm³/mol. The number of benzene rings is 1. The monoisotopic (exact) mass is 338 g/mol. The van der Waals surface area contributed by atoms with Crippen LogP contribution in [0.15, 0.2) is 52.8 Å². The number of nitrogens with zero attached hydrogens (tertiary/aromatic N) is 2. The topological polar surface area (TPSA) is 79.8 Å². The van der Waals surface area contributed by atoms with Crippen molar-refractivity contribution in [1.82, 2.24) is 20.1 Å². The molecule has 1 aromatic carbocycles. The van der Waals surface area contributed by atoms with E-state index in [-0.39, 0.29) is 18.0 Å². The average molecular weight is 338 g/mol. The molecular weight excluding hydrogens is 324 g/mol. The Bertz CT molecular complexity index is 1080. The Morgan fingerprint density at radius 3 is 2.92 bits per heavy atom. The molecule has 1 amide bonds. The molecule has 6 nitrogen and oxygen atoms in total. The largest absolute Gasteiger partial charge is 0.350 e. The van der Waals surface area contributed by atoms with Crippen LogP contribution in [0.5, 0.6) is 0 Å². The van der Waals surface area contributed by atoms with Gasteiger partial charge in [-0.2, -0.15) is 5.10 Å². The zero-order valence-corrected chi connectivity index (χ0v) is 13.5. The number of hydrogen-bond acceptors (Lipinski definition) is 4. The minimum Gasteiger partial charge on any atom is -0.350 e. The first-order valence-electron chi connectivity index (χ1n) is 7.48. The molecular formula is C17H14N4O2S. The summed E-state index contributed by atoms with van der Waals surface area (Å²) in [6.07, 6.45) is 1.62. The molecule has 4 rings (SSSR count). The Kier molecular flexibility index (Phi) is 3.62. The quantitative estimate of drug-likeness (QED) is 0.599. The Morgan fingerprint density at radius 2 is 2.08 bits per heavy atom. The van der Waals surface area contributed by atoms with Gasteiger partial charge in [-0.05, 0) is 17.5 Å². The normalized spacial score (nSPS) is 11.2. The van der Waals surface area contributed by atoms with Crippen LogP contribution in [0.1, 0.15) is 4.88 Å². The summed E-state index contributed by atoms with van der Waals surface area (Å²) in [5, 5.41) is 12.9. The number of H-pyrrole nitrogens is 1. The van der Waals surface area contributed by atoms with Gasteiger partial charge in [-0.3, -0.25) is 9.59 Å². The van der Waals surface area contributed by atoms with Crippen molar-refractivity contribution < 1.29 is 4.79 Å². The number of fused-ring (bicyclic) bond motifs is 3. The number of amides is 1. The summed E-state index contributed by atoms with van der Waals surface area (Å²) in [5.74, 6) is -0.137. The number of carbonyl (C=O) groups excluding carboxylic acids is 1. The van der Waals surface area contributed by atoms with Crippen molar-refractivity contribution >= 4 is 39.0 Å². The van der Waals surface area contributed by atoms with Gasteiger partial charge >= 0.3 is 0 Å². The van der Waals surface area contributed by atoms with Gasteiger partial charge in [0.2, 0.25) is 5.91 Å². The maximum absolute atomic E-state index is 12.3. The van der Waals surface area contributed by atoms with E-state index in [1.165, 1.54) is 0 Å². The smallest absolute Gasteiger partial charge is 0.288 e. The van der Waals surface area contributed by atoms with Crippen LogP contribution < -0.4 is 10.9 Å². The van der Waals surface area contributed by atoms with Crippen molar-refractivity contribution in [2.24, 2.45) is 0 Å².